The lowest BCUT2D eigenvalue weighted by Crippen LogP contribution is -2.32. The first-order chi connectivity index (χ1) is 22.4. The number of ketones is 1. The standard InChI is InChI=1S/C45H66O/c1-5-34(6-2)42-26-33(25-40-18-16-32(4)24-45(40)46)27-43(38-21-19-37(20-22-38)35-11-7-8-12-35)30-44(29-42)39-17-15-31(3)23-41(28-39)36-13-9-10-14-36/h16-18,23-25,28,33-38,42-44H,5-15,19-22,26-27,29-30H2,1-4H3/b40-25-. The van der Waals surface area contributed by atoms with E-state index in [4.69, 9.17) is 0 Å². The minimum Gasteiger partial charge on any atom is -0.289 e. The van der Waals surface area contributed by atoms with Gasteiger partial charge in [0.1, 0.15) is 0 Å². The maximum Gasteiger partial charge on any atom is 0.185 e. The Labute approximate surface area is 283 Å². The Kier molecular flexibility index (Phi) is 11.8. The fourth-order valence-corrected chi connectivity index (χ4v) is 11.3. The van der Waals surface area contributed by atoms with Crippen LogP contribution < -0.4 is 0 Å². The number of carbonyl (C=O) groups excluding carboxylic acids is 1. The molecule has 0 N–H and O–H groups in total. The molecule has 4 atom stereocenters. The molecule has 4 fully saturated rings. The summed E-state index contributed by atoms with van der Waals surface area (Å²) >= 11 is 0. The van der Waals surface area contributed by atoms with E-state index in [0.717, 1.165) is 59.0 Å². The van der Waals surface area contributed by atoms with Crippen molar-refractivity contribution < 1.29 is 4.79 Å². The number of rotatable bonds is 8. The van der Waals surface area contributed by atoms with Gasteiger partial charge in [-0.05, 0) is 161 Å². The molecule has 46 heavy (non-hydrogen) atoms. The fourth-order valence-electron chi connectivity index (χ4n) is 11.3. The molecule has 6 aliphatic carbocycles. The molecule has 6 aliphatic rings. The van der Waals surface area contributed by atoms with Crippen LogP contribution in [0.1, 0.15) is 150 Å². The highest BCUT2D eigenvalue weighted by atomic mass is 16.1. The molecule has 0 bridgehead atoms. The smallest absolute Gasteiger partial charge is 0.185 e. The lowest BCUT2D eigenvalue weighted by atomic mass is 9.63. The first kappa shape index (κ1) is 34.0. The van der Waals surface area contributed by atoms with Gasteiger partial charge >= 0.3 is 0 Å². The second-order valence-electron chi connectivity index (χ2n) is 16.9. The van der Waals surface area contributed by atoms with Crippen LogP contribution in [-0.2, 0) is 4.79 Å². The molecule has 0 saturated heterocycles. The molecule has 0 aromatic rings. The molecule has 0 aliphatic heterocycles. The zero-order valence-electron chi connectivity index (χ0n) is 30.1. The van der Waals surface area contributed by atoms with Gasteiger partial charge in [-0.25, -0.2) is 0 Å². The number of carbonyl (C=O) groups is 1. The van der Waals surface area contributed by atoms with E-state index < -0.39 is 0 Å². The minimum absolute atomic E-state index is 0.226. The molecule has 0 amide bonds. The van der Waals surface area contributed by atoms with Gasteiger partial charge in [0.15, 0.2) is 5.78 Å². The molecular weight excluding hydrogens is 556 g/mol. The van der Waals surface area contributed by atoms with E-state index >= 15 is 0 Å². The van der Waals surface area contributed by atoms with E-state index in [-0.39, 0.29) is 5.78 Å². The van der Waals surface area contributed by atoms with E-state index in [1.807, 2.05) is 13.0 Å². The van der Waals surface area contributed by atoms with Crippen molar-refractivity contribution in [1.82, 2.24) is 0 Å². The third kappa shape index (κ3) is 8.39. The van der Waals surface area contributed by atoms with Crippen LogP contribution in [0, 0.1) is 53.3 Å². The molecule has 1 heteroatoms. The summed E-state index contributed by atoms with van der Waals surface area (Å²) < 4.78 is 0. The van der Waals surface area contributed by atoms with Crippen LogP contribution in [-0.4, -0.2) is 5.78 Å². The van der Waals surface area contributed by atoms with Crippen LogP contribution in [0.2, 0.25) is 0 Å². The van der Waals surface area contributed by atoms with Crippen molar-refractivity contribution in [2.75, 3.05) is 0 Å². The lowest BCUT2D eigenvalue weighted by molar-refractivity contribution is -0.111. The topological polar surface area (TPSA) is 17.1 Å². The summed E-state index contributed by atoms with van der Waals surface area (Å²) in [4.78, 5) is 13.1. The molecule has 4 saturated carbocycles. The van der Waals surface area contributed by atoms with Gasteiger partial charge in [0.05, 0.1) is 0 Å². The highest BCUT2D eigenvalue weighted by Crippen LogP contribution is 2.49. The molecule has 6 rings (SSSR count). The summed E-state index contributed by atoms with van der Waals surface area (Å²) in [7, 11) is 0. The molecule has 0 radical (unpaired) electrons. The summed E-state index contributed by atoms with van der Waals surface area (Å²) in [6.45, 7) is 9.28. The maximum atomic E-state index is 13.1. The van der Waals surface area contributed by atoms with Crippen molar-refractivity contribution in [2.24, 2.45) is 53.3 Å². The minimum atomic E-state index is 0.226. The molecule has 252 valence electrons. The zero-order valence-corrected chi connectivity index (χ0v) is 30.1. The van der Waals surface area contributed by atoms with Gasteiger partial charge in [0.25, 0.3) is 0 Å². The Morgan fingerprint density at radius 3 is 2.00 bits per heavy atom. The van der Waals surface area contributed by atoms with E-state index in [2.05, 4.69) is 57.2 Å². The quantitative estimate of drug-likeness (QED) is 0.246. The van der Waals surface area contributed by atoms with Gasteiger partial charge in [-0.1, -0.05) is 107 Å². The Hall–Kier alpha value is -1.89. The first-order valence-electron chi connectivity index (χ1n) is 20.1. The maximum absolute atomic E-state index is 13.1. The Bertz CT molecular complexity index is 1230. The fraction of sp³-hybridized carbons (Fsp3) is 0.711. The van der Waals surface area contributed by atoms with Gasteiger partial charge < -0.3 is 0 Å². The summed E-state index contributed by atoms with van der Waals surface area (Å²) in [6.07, 6.45) is 42.8. The van der Waals surface area contributed by atoms with Gasteiger partial charge in [-0.15, -0.1) is 0 Å². The van der Waals surface area contributed by atoms with Gasteiger partial charge in [0, 0.05) is 5.57 Å². The number of hydrogen-bond acceptors (Lipinski definition) is 1. The van der Waals surface area contributed by atoms with Crippen molar-refractivity contribution in [3.63, 3.8) is 0 Å². The van der Waals surface area contributed by atoms with Gasteiger partial charge in [0.2, 0.25) is 0 Å². The van der Waals surface area contributed by atoms with E-state index in [1.54, 1.807) is 16.7 Å². The molecule has 0 heterocycles. The molecule has 0 spiro atoms. The van der Waals surface area contributed by atoms with E-state index in [9.17, 15) is 4.79 Å². The van der Waals surface area contributed by atoms with Crippen molar-refractivity contribution in [1.29, 1.82) is 0 Å². The predicted octanol–water partition coefficient (Wildman–Crippen LogP) is 12.9. The highest BCUT2D eigenvalue weighted by molar-refractivity contribution is 6.08. The summed E-state index contributed by atoms with van der Waals surface area (Å²) in [6, 6.07) is 0. The largest absolute Gasteiger partial charge is 0.289 e. The second-order valence-corrected chi connectivity index (χ2v) is 16.9. The Morgan fingerprint density at radius 1 is 0.674 bits per heavy atom. The van der Waals surface area contributed by atoms with Crippen molar-refractivity contribution >= 4 is 5.78 Å². The Balaban J connectivity index is 1.30. The first-order valence-corrected chi connectivity index (χ1v) is 20.1. The lowest BCUT2D eigenvalue weighted by Gasteiger charge is -2.42. The third-order valence-electron chi connectivity index (χ3n) is 13.9. The average Bonchev–Trinajstić information content (AvgIpc) is 3.75. The van der Waals surface area contributed by atoms with Gasteiger partial charge in [-0.2, -0.15) is 0 Å². The monoisotopic (exact) mass is 623 g/mol. The highest BCUT2D eigenvalue weighted by Gasteiger charge is 2.38. The third-order valence-corrected chi connectivity index (χ3v) is 13.9. The normalized spacial score (nSPS) is 34.6. The van der Waals surface area contributed by atoms with Crippen molar-refractivity contribution in [3.8, 4) is 0 Å². The van der Waals surface area contributed by atoms with Crippen LogP contribution in [0.4, 0.5) is 0 Å². The van der Waals surface area contributed by atoms with Crippen LogP contribution >= 0.6 is 0 Å². The van der Waals surface area contributed by atoms with Crippen LogP contribution in [0.5, 0.6) is 0 Å². The summed E-state index contributed by atoms with van der Waals surface area (Å²) in [5.41, 5.74) is 6.94. The van der Waals surface area contributed by atoms with Crippen LogP contribution in [0.15, 0.2) is 70.4 Å². The van der Waals surface area contributed by atoms with E-state index in [0.29, 0.717) is 11.8 Å². The van der Waals surface area contributed by atoms with Crippen LogP contribution in [0.25, 0.3) is 0 Å². The van der Waals surface area contributed by atoms with Crippen LogP contribution in [0.3, 0.4) is 0 Å². The predicted molar refractivity (Wildman–Crippen MR) is 196 cm³/mol. The van der Waals surface area contributed by atoms with Crippen molar-refractivity contribution in [2.45, 2.75) is 150 Å². The summed E-state index contributed by atoms with van der Waals surface area (Å²) in [5.74, 6) is 7.32. The molecule has 4 unspecified atom stereocenters. The molecule has 0 aromatic heterocycles. The van der Waals surface area contributed by atoms with Gasteiger partial charge in [-0.3, -0.25) is 4.79 Å². The SMILES string of the molecule is CCC(CC)C1CC(/C=C2/C=CC(C)=CC2=O)CC(C2CCC(C3CCCC3)CC2)CC(C2=CCC(C)=CC(C3CCCC3)=C2)C1. The average molecular weight is 623 g/mol. The zero-order chi connectivity index (χ0) is 32.0. The van der Waals surface area contributed by atoms with E-state index in [1.165, 1.54) is 116 Å². The molecular formula is C45H66O. The van der Waals surface area contributed by atoms with Crippen molar-refractivity contribution in [3.05, 3.63) is 70.4 Å². The number of hydrogen-bond donors (Lipinski definition) is 0. The summed E-state index contributed by atoms with van der Waals surface area (Å²) in [5, 5.41) is 0. The molecule has 1 nitrogen and oxygen atoms in total. The second kappa shape index (κ2) is 16.0. The molecule has 0 aromatic carbocycles. The Morgan fingerprint density at radius 2 is 1.33 bits per heavy atom. The number of allylic oxidation sites excluding steroid dienone is 12.